The highest BCUT2D eigenvalue weighted by molar-refractivity contribution is 6.22. The highest BCUT2D eigenvalue weighted by Gasteiger charge is 2.32. The van der Waals surface area contributed by atoms with Gasteiger partial charge in [0, 0.05) is 12.6 Å². The molecule has 136 valence electrons. The van der Waals surface area contributed by atoms with Crippen LogP contribution in [-0.2, 0) is 0 Å². The van der Waals surface area contributed by atoms with Gasteiger partial charge >= 0.3 is 0 Å². The standard InChI is InChI=1S/C18H17F2N3O3/c1-23(2)8-4-7-21-12-9-13(24)17-15(16(12)25)22-18(26-17)10-5-3-6-11(19)14(10)20/h3,5-6,9,21H,4,7-8H2,1-2H3. The number of benzene rings is 1. The number of nitrogens with zero attached hydrogens (tertiary/aromatic N) is 2. The molecule has 0 unspecified atom stereocenters. The zero-order valence-corrected chi connectivity index (χ0v) is 14.3. The number of fused-ring (bicyclic) bond motifs is 1. The van der Waals surface area contributed by atoms with E-state index in [9.17, 15) is 18.4 Å². The first kappa shape index (κ1) is 17.9. The Balaban J connectivity index is 1.83. The third-order valence-corrected chi connectivity index (χ3v) is 3.87. The number of ketones is 2. The van der Waals surface area contributed by atoms with Crippen LogP contribution in [0, 0.1) is 11.6 Å². The molecule has 1 N–H and O–H groups in total. The molecule has 8 heteroatoms. The quantitative estimate of drug-likeness (QED) is 0.797. The van der Waals surface area contributed by atoms with Crippen LogP contribution < -0.4 is 5.32 Å². The molecule has 1 aromatic heterocycles. The Morgan fingerprint density at radius 1 is 1.23 bits per heavy atom. The third-order valence-electron chi connectivity index (χ3n) is 3.87. The average Bonchev–Trinajstić information content (AvgIpc) is 3.04. The normalized spacial score (nSPS) is 13.8. The fourth-order valence-corrected chi connectivity index (χ4v) is 2.56. The first-order valence-corrected chi connectivity index (χ1v) is 8.03. The van der Waals surface area contributed by atoms with Gasteiger partial charge in [-0.3, -0.25) is 9.59 Å². The van der Waals surface area contributed by atoms with Crippen LogP contribution in [0.15, 0.2) is 34.4 Å². The fraction of sp³-hybridized carbons (Fsp3) is 0.278. The van der Waals surface area contributed by atoms with Gasteiger partial charge in [-0.25, -0.2) is 13.8 Å². The second kappa shape index (κ2) is 7.17. The number of carbonyl (C=O) groups excluding carboxylic acids is 2. The minimum Gasteiger partial charge on any atom is -0.432 e. The molecule has 0 atom stereocenters. The smallest absolute Gasteiger partial charge is 0.231 e. The molecule has 1 heterocycles. The monoisotopic (exact) mass is 361 g/mol. The summed E-state index contributed by atoms with van der Waals surface area (Å²) in [6.07, 6.45) is 1.91. The summed E-state index contributed by atoms with van der Waals surface area (Å²) < 4.78 is 32.6. The Hall–Kier alpha value is -2.87. The Morgan fingerprint density at radius 3 is 2.73 bits per heavy atom. The lowest BCUT2D eigenvalue weighted by Crippen LogP contribution is -2.28. The summed E-state index contributed by atoms with van der Waals surface area (Å²) in [5.74, 6) is -3.87. The van der Waals surface area contributed by atoms with Crippen LogP contribution in [0.5, 0.6) is 0 Å². The van der Waals surface area contributed by atoms with E-state index in [-0.39, 0.29) is 28.6 Å². The molecule has 0 saturated carbocycles. The first-order valence-electron chi connectivity index (χ1n) is 8.03. The average molecular weight is 361 g/mol. The molecule has 0 saturated heterocycles. The van der Waals surface area contributed by atoms with E-state index in [0.29, 0.717) is 6.54 Å². The maximum atomic E-state index is 13.9. The maximum Gasteiger partial charge on any atom is 0.231 e. The summed E-state index contributed by atoms with van der Waals surface area (Å²) in [6.45, 7) is 1.32. The van der Waals surface area contributed by atoms with Crippen LogP contribution >= 0.6 is 0 Å². The minimum absolute atomic E-state index is 0.112. The Kier molecular flexibility index (Phi) is 4.94. The van der Waals surface area contributed by atoms with Crippen molar-refractivity contribution in [2.24, 2.45) is 0 Å². The summed E-state index contributed by atoms with van der Waals surface area (Å²) in [7, 11) is 3.87. The lowest BCUT2D eigenvalue weighted by molar-refractivity contribution is 0.0960. The summed E-state index contributed by atoms with van der Waals surface area (Å²) in [4.78, 5) is 30.6. The number of allylic oxidation sites excluding steroid dienone is 2. The van der Waals surface area contributed by atoms with Crippen molar-refractivity contribution >= 4 is 11.6 Å². The van der Waals surface area contributed by atoms with Crippen molar-refractivity contribution in [2.75, 3.05) is 27.2 Å². The summed E-state index contributed by atoms with van der Waals surface area (Å²) in [5, 5.41) is 2.92. The predicted octanol–water partition coefficient (Wildman–Crippen LogP) is 2.42. The van der Waals surface area contributed by atoms with Gasteiger partial charge < -0.3 is 14.6 Å². The van der Waals surface area contributed by atoms with E-state index in [1.54, 1.807) is 0 Å². The molecule has 1 aliphatic carbocycles. The maximum absolute atomic E-state index is 13.9. The van der Waals surface area contributed by atoms with Gasteiger partial charge in [0.05, 0.1) is 11.3 Å². The second-order valence-electron chi connectivity index (χ2n) is 6.13. The van der Waals surface area contributed by atoms with Crippen molar-refractivity contribution in [1.82, 2.24) is 15.2 Å². The Morgan fingerprint density at radius 2 is 2.00 bits per heavy atom. The van der Waals surface area contributed by atoms with E-state index in [2.05, 4.69) is 10.3 Å². The zero-order chi connectivity index (χ0) is 18.8. The number of hydrogen-bond donors (Lipinski definition) is 1. The van der Waals surface area contributed by atoms with E-state index < -0.39 is 23.2 Å². The fourth-order valence-electron chi connectivity index (χ4n) is 2.56. The third kappa shape index (κ3) is 3.41. The first-order chi connectivity index (χ1) is 12.4. The van der Waals surface area contributed by atoms with E-state index >= 15 is 0 Å². The Labute approximate surface area is 148 Å². The molecular weight excluding hydrogens is 344 g/mol. The van der Waals surface area contributed by atoms with Crippen LogP contribution in [0.25, 0.3) is 11.5 Å². The molecule has 26 heavy (non-hydrogen) atoms. The number of hydrogen-bond acceptors (Lipinski definition) is 6. The SMILES string of the molecule is CN(C)CCCNC1=CC(=O)c2oc(-c3cccc(F)c3F)nc2C1=O. The van der Waals surface area contributed by atoms with E-state index in [0.717, 1.165) is 25.1 Å². The van der Waals surface area contributed by atoms with E-state index in [1.165, 1.54) is 12.1 Å². The van der Waals surface area contributed by atoms with Gasteiger partial charge in [0.25, 0.3) is 0 Å². The molecule has 1 aromatic carbocycles. The number of rotatable bonds is 6. The number of aromatic nitrogens is 1. The van der Waals surface area contributed by atoms with Crippen molar-refractivity contribution in [3.05, 3.63) is 53.1 Å². The molecule has 2 aromatic rings. The van der Waals surface area contributed by atoms with Crippen molar-refractivity contribution in [2.45, 2.75) is 6.42 Å². The number of halogens is 2. The van der Waals surface area contributed by atoms with Crippen LogP contribution in [-0.4, -0.2) is 48.6 Å². The van der Waals surface area contributed by atoms with Gasteiger partial charge in [0.1, 0.15) is 0 Å². The number of carbonyl (C=O) groups is 2. The van der Waals surface area contributed by atoms with Gasteiger partial charge in [-0.2, -0.15) is 0 Å². The van der Waals surface area contributed by atoms with Gasteiger partial charge in [-0.1, -0.05) is 6.07 Å². The van der Waals surface area contributed by atoms with Crippen LogP contribution in [0.2, 0.25) is 0 Å². The number of Topliss-reactive ketones (excluding diaryl/α,β-unsaturated/α-hetero) is 1. The molecule has 0 bridgehead atoms. The topological polar surface area (TPSA) is 75.4 Å². The van der Waals surface area contributed by atoms with E-state index in [1.807, 2.05) is 19.0 Å². The minimum atomic E-state index is -1.15. The molecule has 0 aliphatic heterocycles. The van der Waals surface area contributed by atoms with Gasteiger partial charge in [0.2, 0.25) is 23.2 Å². The second-order valence-corrected chi connectivity index (χ2v) is 6.13. The summed E-state index contributed by atoms with van der Waals surface area (Å²) in [6, 6.07) is 3.50. The zero-order valence-electron chi connectivity index (χ0n) is 14.3. The van der Waals surface area contributed by atoms with Crippen molar-refractivity contribution in [1.29, 1.82) is 0 Å². The van der Waals surface area contributed by atoms with Gasteiger partial charge in [-0.05, 0) is 39.2 Å². The highest BCUT2D eigenvalue weighted by Crippen LogP contribution is 2.29. The molecule has 1 aliphatic rings. The lowest BCUT2D eigenvalue weighted by atomic mass is 10.0. The molecule has 0 spiro atoms. The molecule has 6 nitrogen and oxygen atoms in total. The summed E-state index contributed by atoms with van der Waals surface area (Å²) in [5.41, 5.74) is -0.340. The van der Waals surface area contributed by atoms with Crippen LogP contribution in [0.4, 0.5) is 8.78 Å². The highest BCUT2D eigenvalue weighted by atomic mass is 19.2. The molecule has 3 rings (SSSR count). The van der Waals surface area contributed by atoms with Crippen molar-refractivity contribution in [3.63, 3.8) is 0 Å². The van der Waals surface area contributed by atoms with E-state index in [4.69, 9.17) is 4.42 Å². The van der Waals surface area contributed by atoms with Crippen LogP contribution in [0.1, 0.15) is 27.5 Å². The predicted molar refractivity (Wildman–Crippen MR) is 89.8 cm³/mol. The molecule has 0 amide bonds. The van der Waals surface area contributed by atoms with Crippen molar-refractivity contribution < 1.29 is 22.8 Å². The summed E-state index contributed by atoms with van der Waals surface area (Å²) >= 11 is 0. The number of nitrogens with one attached hydrogen (secondary N) is 1. The molecule has 0 radical (unpaired) electrons. The van der Waals surface area contributed by atoms with Crippen LogP contribution in [0.3, 0.4) is 0 Å². The molecule has 0 fully saturated rings. The lowest BCUT2D eigenvalue weighted by Gasteiger charge is -2.13. The number of oxazole rings is 1. The van der Waals surface area contributed by atoms with Gasteiger partial charge in [0.15, 0.2) is 17.3 Å². The molecular formula is C18H17F2N3O3. The van der Waals surface area contributed by atoms with Crippen molar-refractivity contribution in [3.8, 4) is 11.5 Å². The largest absolute Gasteiger partial charge is 0.432 e. The Bertz CT molecular complexity index is 903. The van der Waals surface area contributed by atoms with Gasteiger partial charge in [-0.15, -0.1) is 0 Å².